The van der Waals surface area contributed by atoms with Crippen LogP contribution < -0.4 is 5.56 Å². The van der Waals surface area contributed by atoms with Gasteiger partial charge in [0, 0.05) is 24.5 Å². The SMILES string of the molecule is Cc1sc2ncn(CC3(O)CCN(Cc4ccccc4)CC3)c(=O)c2c1C. The normalized spacial score (nSPS) is 17.4. The molecule has 0 aliphatic carbocycles. The van der Waals surface area contributed by atoms with Crippen molar-refractivity contribution in [2.45, 2.75) is 45.4 Å². The Kier molecular flexibility index (Phi) is 4.88. The number of hydrogen-bond acceptors (Lipinski definition) is 5. The molecule has 0 unspecified atom stereocenters. The number of aryl methyl sites for hydroxylation is 2. The lowest BCUT2D eigenvalue weighted by Crippen LogP contribution is -2.47. The lowest BCUT2D eigenvalue weighted by molar-refractivity contribution is -0.0364. The van der Waals surface area contributed by atoms with Crippen LogP contribution in [0.15, 0.2) is 41.5 Å². The van der Waals surface area contributed by atoms with Crippen LogP contribution in [-0.4, -0.2) is 38.2 Å². The number of benzene rings is 1. The van der Waals surface area contributed by atoms with Crippen LogP contribution in [0.5, 0.6) is 0 Å². The molecule has 4 rings (SSSR count). The Labute approximate surface area is 162 Å². The van der Waals surface area contributed by atoms with Crippen LogP contribution in [0, 0.1) is 13.8 Å². The molecule has 3 heterocycles. The van der Waals surface area contributed by atoms with Crippen molar-refractivity contribution in [3.05, 3.63) is 63.0 Å². The number of aliphatic hydroxyl groups is 1. The second kappa shape index (κ2) is 7.19. The maximum Gasteiger partial charge on any atom is 0.262 e. The van der Waals surface area contributed by atoms with Gasteiger partial charge in [0.2, 0.25) is 0 Å². The number of rotatable bonds is 4. The van der Waals surface area contributed by atoms with Gasteiger partial charge in [0.25, 0.3) is 5.56 Å². The minimum Gasteiger partial charge on any atom is -0.388 e. The first-order valence-electron chi connectivity index (χ1n) is 9.39. The summed E-state index contributed by atoms with van der Waals surface area (Å²) < 4.78 is 1.59. The van der Waals surface area contributed by atoms with Crippen LogP contribution >= 0.6 is 11.3 Å². The first-order chi connectivity index (χ1) is 13.0. The van der Waals surface area contributed by atoms with Gasteiger partial charge in [0.15, 0.2) is 0 Å². The van der Waals surface area contributed by atoms with Gasteiger partial charge >= 0.3 is 0 Å². The van der Waals surface area contributed by atoms with Crippen LogP contribution in [0.1, 0.15) is 28.8 Å². The summed E-state index contributed by atoms with van der Waals surface area (Å²) in [7, 11) is 0. The van der Waals surface area contributed by atoms with E-state index in [0.29, 0.717) is 24.8 Å². The zero-order valence-corrected chi connectivity index (χ0v) is 16.6. The van der Waals surface area contributed by atoms with Gasteiger partial charge in [-0.1, -0.05) is 30.3 Å². The number of nitrogens with zero attached hydrogens (tertiary/aromatic N) is 3. The third kappa shape index (κ3) is 3.70. The minimum absolute atomic E-state index is 0.0398. The van der Waals surface area contributed by atoms with Crippen molar-refractivity contribution in [3.8, 4) is 0 Å². The zero-order chi connectivity index (χ0) is 19.0. The van der Waals surface area contributed by atoms with Gasteiger partial charge in [-0.15, -0.1) is 11.3 Å². The van der Waals surface area contributed by atoms with Gasteiger partial charge in [-0.25, -0.2) is 4.98 Å². The van der Waals surface area contributed by atoms with Crippen molar-refractivity contribution < 1.29 is 5.11 Å². The van der Waals surface area contributed by atoms with Crippen LogP contribution in [0.3, 0.4) is 0 Å². The van der Waals surface area contributed by atoms with Gasteiger partial charge in [-0.3, -0.25) is 14.3 Å². The summed E-state index contributed by atoms with van der Waals surface area (Å²) in [5.74, 6) is 0. The van der Waals surface area contributed by atoms with Crippen LogP contribution in [0.25, 0.3) is 10.2 Å². The van der Waals surface area contributed by atoms with Gasteiger partial charge in [-0.05, 0) is 37.8 Å². The molecule has 0 amide bonds. The molecular weight excluding hydrogens is 358 g/mol. The Morgan fingerprint density at radius 3 is 2.59 bits per heavy atom. The number of aromatic nitrogens is 2. The highest BCUT2D eigenvalue weighted by Crippen LogP contribution is 2.27. The Balaban J connectivity index is 1.47. The van der Waals surface area contributed by atoms with Crippen molar-refractivity contribution in [2.75, 3.05) is 13.1 Å². The highest BCUT2D eigenvalue weighted by molar-refractivity contribution is 7.18. The lowest BCUT2D eigenvalue weighted by Gasteiger charge is -2.38. The molecule has 5 nitrogen and oxygen atoms in total. The second-order valence-electron chi connectivity index (χ2n) is 7.63. The summed E-state index contributed by atoms with van der Waals surface area (Å²) in [6, 6.07) is 10.4. The smallest absolute Gasteiger partial charge is 0.262 e. The fraction of sp³-hybridized carbons (Fsp3) is 0.429. The number of fused-ring (bicyclic) bond motifs is 1. The van der Waals surface area contributed by atoms with E-state index >= 15 is 0 Å². The molecule has 2 aromatic heterocycles. The summed E-state index contributed by atoms with van der Waals surface area (Å²) in [5, 5.41) is 11.8. The minimum atomic E-state index is -0.856. The van der Waals surface area contributed by atoms with E-state index in [1.807, 2.05) is 19.9 Å². The van der Waals surface area contributed by atoms with E-state index in [9.17, 15) is 9.90 Å². The highest BCUT2D eigenvalue weighted by atomic mass is 32.1. The molecule has 0 spiro atoms. The van der Waals surface area contributed by atoms with Crippen molar-refractivity contribution in [3.63, 3.8) is 0 Å². The fourth-order valence-corrected chi connectivity index (χ4v) is 4.81. The summed E-state index contributed by atoms with van der Waals surface area (Å²) in [6.45, 7) is 6.85. The molecule has 1 saturated heterocycles. The van der Waals surface area contributed by atoms with Crippen LogP contribution in [0.2, 0.25) is 0 Å². The molecule has 0 saturated carbocycles. The predicted molar refractivity (Wildman–Crippen MR) is 109 cm³/mol. The number of thiophene rings is 1. The lowest BCUT2D eigenvalue weighted by atomic mass is 9.91. The Morgan fingerprint density at radius 2 is 1.89 bits per heavy atom. The summed E-state index contributed by atoms with van der Waals surface area (Å²) in [4.78, 5) is 21.6. The molecule has 1 aliphatic heterocycles. The molecule has 27 heavy (non-hydrogen) atoms. The monoisotopic (exact) mass is 383 g/mol. The van der Waals surface area contributed by atoms with E-state index in [0.717, 1.165) is 34.9 Å². The van der Waals surface area contributed by atoms with Gasteiger partial charge < -0.3 is 5.11 Å². The van der Waals surface area contributed by atoms with Crippen molar-refractivity contribution in [2.24, 2.45) is 0 Å². The first-order valence-corrected chi connectivity index (χ1v) is 10.2. The van der Waals surface area contributed by atoms with Gasteiger partial charge in [0.05, 0.1) is 23.9 Å². The second-order valence-corrected chi connectivity index (χ2v) is 8.83. The van der Waals surface area contributed by atoms with E-state index in [4.69, 9.17) is 0 Å². The molecule has 142 valence electrons. The highest BCUT2D eigenvalue weighted by Gasteiger charge is 2.33. The Bertz CT molecular complexity index is 1000. The van der Waals surface area contributed by atoms with E-state index in [1.165, 1.54) is 5.56 Å². The molecule has 1 aromatic carbocycles. The summed E-state index contributed by atoms with van der Waals surface area (Å²) in [6.07, 6.45) is 2.91. The fourth-order valence-electron chi connectivity index (χ4n) is 3.83. The van der Waals surface area contributed by atoms with Crippen LogP contribution in [-0.2, 0) is 13.1 Å². The standard InChI is InChI=1S/C21H25N3O2S/c1-15-16(2)27-19-18(15)20(25)24(14-22-19)13-21(26)8-10-23(11-9-21)12-17-6-4-3-5-7-17/h3-7,14,26H,8-13H2,1-2H3. The van der Waals surface area contributed by atoms with E-state index in [-0.39, 0.29) is 5.56 Å². The predicted octanol–water partition coefficient (Wildman–Crippen LogP) is 3.10. The topological polar surface area (TPSA) is 58.4 Å². The third-order valence-corrected chi connectivity index (χ3v) is 6.77. The summed E-state index contributed by atoms with van der Waals surface area (Å²) in [5.41, 5.74) is 1.40. The largest absolute Gasteiger partial charge is 0.388 e. The third-order valence-electron chi connectivity index (χ3n) is 5.66. The molecule has 6 heteroatoms. The molecule has 0 atom stereocenters. The Morgan fingerprint density at radius 1 is 1.19 bits per heavy atom. The molecule has 0 radical (unpaired) electrons. The average Bonchev–Trinajstić information content (AvgIpc) is 2.95. The van der Waals surface area contributed by atoms with Crippen molar-refractivity contribution in [1.82, 2.24) is 14.5 Å². The molecule has 1 N–H and O–H groups in total. The summed E-state index contributed by atoms with van der Waals surface area (Å²) >= 11 is 1.55. The van der Waals surface area contributed by atoms with E-state index in [1.54, 1.807) is 22.2 Å². The van der Waals surface area contributed by atoms with Crippen molar-refractivity contribution >= 4 is 21.6 Å². The molecule has 0 bridgehead atoms. The number of hydrogen-bond donors (Lipinski definition) is 1. The number of likely N-dealkylation sites (tertiary alicyclic amines) is 1. The Hall–Kier alpha value is -2.02. The zero-order valence-electron chi connectivity index (χ0n) is 15.8. The maximum atomic E-state index is 12.9. The number of piperidine rings is 1. The molecule has 1 fully saturated rings. The van der Waals surface area contributed by atoms with Crippen molar-refractivity contribution in [1.29, 1.82) is 0 Å². The average molecular weight is 384 g/mol. The van der Waals surface area contributed by atoms with Gasteiger partial charge in [-0.2, -0.15) is 0 Å². The molecule has 3 aromatic rings. The van der Waals surface area contributed by atoms with E-state index < -0.39 is 5.60 Å². The van der Waals surface area contributed by atoms with E-state index in [2.05, 4.69) is 34.1 Å². The van der Waals surface area contributed by atoms with Gasteiger partial charge in [0.1, 0.15) is 4.83 Å². The quantitative estimate of drug-likeness (QED) is 0.752. The molecular formula is C21H25N3O2S. The maximum absolute atomic E-state index is 12.9. The molecule has 1 aliphatic rings. The first kappa shape index (κ1) is 18.3. The van der Waals surface area contributed by atoms with Crippen LogP contribution in [0.4, 0.5) is 0 Å².